The summed E-state index contributed by atoms with van der Waals surface area (Å²) < 4.78 is 18.2. The molecule has 248 valence electrons. The summed E-state index contributed by atoms with van der Waals surface area (Å²) >= 11 is 0. The van der Waals surface area contributed by atoms with Crippen molar-refractivity contribution in [3.05, 3.63) is 11.8 Å². The van der Waals surface area contributed by atoms with Crippen molar-refractivity contribution < 1.29 is 39.4 Å². The van der Waals surface area contributed by atoms with Gasteiger partial charge in [0.1, 0.15) is 35.8 Å². The van der Waals surface area contributed by atoms with Crippen LogP contribution < -0.4 is 43.8 Å². The van der Waals surface area contributed by atoms with E-state index in [2.05, 4.69) is 26.6 Å². The lowest BCUT2D eigenvalue weighted by atomic mass is 9.72. The molecule has 0 radical (unpaired) electrons. The average Bonchev–Trinajstić information content (AvgIpc) is 2.93. The molecule has 3 aliphatic heterocycles. The van der Waals surface area contributed by atoms with Gasteiger partial charge in [-0.25, -0.2) is 0 Å². The number of carbonyl (C=O) groups excluding carboxylic acids is 1. The van der Waals surface area contributed by atoms with Gasteiger partial charge in [-0.1, -0.05) is 0 Å². The number of aliphatic hydroxyl groups excluding tert-OH is 3. The number of nitrogens with two attached hydrogens (primary N) is 3. The Labute approximate surface area is 252 Å². The molecule has 1 unspecified atom stereocenters. The zero-order valence-electron chi connectivity index (χ0n) is 25.0. The molecule has 4 aliphatic rings. The predicted octanol–water partition coefficient (Wildman–Crippen LogP) is -5.91. The van der Waals surface area contributed by atoms with Gasteiger partial charge in [-0.3, -0.25) is 4.79 Å². The molecule has 0 spiro atoms. The largest absolute Gasteiger partial charge is 0.492 e. The molecule has 0 aromatic carbocycles. The van der Waals surface area contributed by atoms with E-state index in [1.807, 2.05) is 6.08 Å². The lowest BCUT2D eigenvalue weighted by Gasteiger charge is -2.50. The summed E-state index contributed by atoms with van der Waals surface area (Å²) in [6, 6.07) is -2.29. The summed E-state index contributed by atoms with van der Waals surface area (Å²) in [5.41, 5.74) is 17.2. The highest BCUT2D eigenvalue weighted by Crippen LogP contribution is 2.36. The van der Waals surface area contributed by atoms with E-state index in [0.717, 1.165) is 26.2 Å². The number of carbonyl (C=O) groups is 1. The number of amides is 1. The van der Waals surface area contributed by atoms with Crippen molar-refractivity contribution in [3.8, 4) is 0 Å². The molecule has 2 saturated heterocycles. The van der Waals surface area contributed by atoms with Crippen LogP contribution >= 0.6 is 0 Å². The number of likely N-dealkylation sites (N-methyl/N-ethyl adjacent to an activating group) is 1. The first-order valence-electron chi connectivity index (χ1n) is 15.2. The van der Waals surface area contributed by atoms with Gasteiger partial charge in [0.15, 0.2) is 6.29 Å². The van der Waals surface area contributed by atoms with Crippen LogP contribution in [0.2, 0.25) is 0 Å². The van der Waals surface area contributed by atoms with Crippen molar-refractivity contribution in [2.45, 2.75) is 92.4 Å². The van der Waals surface area contributed by atoms with Crippen LogP contribution in [0.1, 0.15) is 19.8 Å². The summed E-state index contributed by atoms with van der Waals surface area (Å²) in [6.45, 7) is 5.07. The highest BCUT2D eigenvalue weighted by molar-refractivity contribution is 5.81. The summed E-state index contributed by atoms with van der Waals surface area (Å²) in [7, 11) is 1.59. The molecule has 1 saturated carbocycles. The summed E-state index contributed by atoms with van der Waals surface area (Å²) in [4.78, 5) is 12.6. The highest BCUT2D eigenvalue weighted by atomic mass is 16.7. The first kappa shape index (κ1) is 34.4. The molecule has 15 N–H and O–H groups in total. The maximum atomic E-state index is 12.6. The SMILES string of the molecule is CN[C@@H]1[C@@H](O)[C@@H](O[C@H]2[C@H](NC(=O)[C@@H](O)CN)C[C@H](N)C([C@H]3OC(CNCCNC4CNC4)=CC[C@H]3N)[C@@H]2O)OC[C@]1(C)O. The molecule has 16 heteroatoms. The topological polar surface area (TPSA) is 264 Å². The predicted molar refractivity (Wildman–Crippen MR) is 156 cm³/mol. The minimum atomic E-state index is -1.47. The lowest BCUT2D eigenvalue weighted by Crippen LogP contribution is -2.69. The summed E-state index contributed by atoms with van der Waals surface area (Å²) in [5, 5.41) is 59.0. The fourth-order valence-electron chi connectivity index (χ4n) is 6.35. The number of ether oxygens (including phenoxy) is 3. The molecule has 4 rings (SSSR count). The monoisotopic (exact) mass is 616 g/mol. The summed E-state index contributed by atoms with van der Waals surface area (Å²) in [6.07, 6.45) is -4.54. The molecule has 16 nitrogen and oxygen atoms in total. The molecule has 43 heavy (non-hydrogen) atoms. The smallest absolute Gasteiger partial charge is 0.250 e. The van der Waals surface area contributed by atoms with Crippen LogP contribution in [0.15, 0.2) is 11.8 Å². The van der Waals surface area contributed by atoms with Crippen molar-refractivity contribution in [1.82, 2.24) is 26.6 Å². The maximum absolute atomic E-state index is 12.6. The fraction of sp³-hybridized carbons (Fsp3) is 0.889. The number of hydrogen-bond donors (Lipinski definition) is 12. The number of rotatable bonds is 13. The zero-order chi connectivity index (χ0) is 31.3. The maximum Gasteiger partial charge on any atom is 0.250 e. The molecule has 12 atom stereocenters. The van der Waals surface area contributed by atoms with Gasteiger partial charge < -0.3 is 78.4 Å². The van der Waals surface area contributed by atoms with Crippen molar-refractivity contribution >= 4 is 5.91 Å². The van der Waals surface area contributed by atoms with Crippen molar-refractivity contribution in [3.63, 3.8) is 0 Å². The molecule has 1 amide bonds. The summed E-state index contributed by atoms with van der Waals surface area (Å²) in [5.74, 6) is -0.751. The third-order valence-corrected chi connectivity index (χ3v) is 8.96. The van der Waals surface area contributed by atoms with Gasteiger partial charge in [0.2, 0.25) is 5.91 Å². The Morgan fingerprint density at radius 3 is 2.63 bits per heavy atom. The van der Waals surface area contributed by atoms with Crippen LogP contribution in [0.4, 0.5) is 0 Å². The van der Waals surface area contributed by atoms with Crippen LogP contribution in [0, 0.1) is 5.92 Å². The Morgan fingerprint density at radius 1 is 1.23 bits per heavy atom. The second-order valence-corrected chi connectivity index (χ2v) is 12.4. The number of aliphatic hydroxyl groups is 4. The number of hydrogen-bond acceptors (Lipinski definition) is 15. The van der Waals surface area contributed by atoms with E-state index in [-0.39, 0.29) is 19.6 Å². The molecule has 0 bridgehead atoms. The van der Waals surface area contributed by atoms with Crippen LogP contribution in [-0.2, 0) is 19.0 Å². The van der Waals surface area contributed by atoms with Gasteiger partial charge in [-0.15, -0.1) is 0 Å². The van der Waals surface area contributed by atoms with Crippen molar-refractivity contribution in [1.29, 1.82) is 0 Å². The first-order chi connectivity index (χ1) is 20.5. The van der Waals surface area contributed by atoms with Crippen LogP contribution in [0.25, 0.3) is 0 Å². The van der Waals surface area contributed by atoms with Gasteiger partial charge >= 0.3 is 0 Å². The molecule has 3 heterocycles. The van der Waals surface area contributed by atoms with E-state index < -0.39 is 78.4 Å². The van der Waals surface area contributed by atoms with E-state index in [0.29, 0.717) is 24.8 Å². The Bertz CT molecular complexity index is 943. The third-order valence-electron chi connectivity index (χ3n) is 8.96. The highest BCUT2D eigenvalue weighted by Gasteiger charge is 2.53. The third kappa shape index (κ3) is 8.21. The van der Waals surface area contributed by atoms with E-state index >= 15 is 0 Å². The zero-order valence-corrected chi connectivity index (χ0v) is 25.0. The minimum absolute atomic E-state index is 0.150. The molecule has 0 aromatic heterocycles. The van der Waals surface area contributed by atoms with Crippen molar-refractivity contribution in [2.24, 2.45) is 23.1 Å². The van der Waals surface area contributed by atoms with Gasteiger partial charge in [0, 0.05) is 56.8 Å². The van der Waals surface area contributed by atoms with Gasteiger partial charge in [0.05, 0.1) is 31.3 Å². The lowest BCUT2D eigenvalue weighted by molar-refractivity contribution is -0.297. The van der Waals surface area contributed by atoms with Gasteiger partial charge in [-0.2, -0.15) is 0 Å². The molecular weight excluding hydrogens is 564 g/mol. The van der Waals surface area contributed by atoms with Crippen LogP contribution in [-0.4, -0.2) is 152 Å². The number of nitrogens with one attached hydrogen (secondary N) is 5. The van der Waals surface area contributed by atoms with E-state index in [1.54, 1.807) is 7.05 Å². The Hall–Kier alpha value is -1.51. The Morgan fingerprint density at radius 2 is 1.98 bits per heavy atom. The fourth-order valence-corrected chi connectivity index (χ4v) is 6.35. The normalized spacial score (nSPS) is 41.1. The standard InChI is InChI=1S/C27H52N8O8/c1-27(40)12-41-26(21(38)24(27)31-2)43-23-17(35-25(39)18(36)8-28)7-16(30)19(20(23)37)22-15(29)4-3-14(42-22)11-32-5-6-34-13-9-33-10-13/h3,13,15-24,26,31-34,36-38,40H,4-12,28-30H2,1-2H3,(H,35,39)/t15-,16+,17-,18+,19?,20+,21-,22+,23+,24-,26-,27+/m1/s1. The molecule has 3 fully saturated rings. The Kier molecular flexibility index (Phi) is 12.1. The van der Waals surface area contributed by atoms with Crippen molar-refractivity contribution in [2.75, 3.05) is 52.9 Å². The molecule has 1 aliphatic carbocycles. The second kappa shape index (κ2) is 15.2. The Balaban J connectivity index is 1.46. The quantitative estimate of drug-likeness (QED) is 0.0860. The van der Waals surface area contributed by atoms with Gasteiger partial charge in [0.25, 0.3) is 0 Å². The first-order valence-corrected chi connectivity index (χ1v) is 15.2. The molecule has 0 aromatic rings. The molecular formula is C27H52N8O8. The van der Waals surface area contributed by atoms with Crippen LogP contribution in [0.3, 0.4) is 0 Å². The second-order valence-electron chi connectivity index (χ2n) is 12.4. The van der Waals surface area contributed by atoms with Gasteiger partial charge in [-0.05, 0) is 32.9 Å². The minimum Gasteiger partial charge on any atom is -0.492 e. The van der Waals surface area contributed by atoms with E-state index in [1.165, 1.54) is 6.92 Å². The van der Waals surface area contributed by atoms with Crippen LogP contribution in [0.5, 0.6) is 0 Å². The van der Waals surface area contributed by atoms with E-state index in [4.69, 9.17) is 31.4 Å². The average molecular weight is 617 g/mol. The van der Waals surface area contributed by atoms with E-state index in [9.17, 15) is 25.2 Å².